The lowest BCUT2D eigenvalue weighted by Crippen LogP contribution is -2.44. The standard InChI is InChI=1S/C16H27N3O2/c1-12(2)9-13-10-14(21-18-13)11-17-16(20)15-7-5-4-6-8-19(15)3/h10,12,15H,4-9,11H2,1-3H3,(H,17,20). The highest BCUT2D eigenvalue weighted by Gasteiger charge is 2.24. The third-order valence-corrected chi connectivity index (χ3v) is 3.99. The molecule has 0 radical (unpaired) electrons. The Labute approximate surface area is 127 Å². The third-order valence-electron chi connectivity index (χ3n) is 3.99. The zero-order valence-electron chi connectivity index (χ0n) is 13.4. The van der Waals surface area contributed by atoms with Crippen LogP contribution in [0.25, 0.3) is 0 Å². The molecule has 0 aliphatic carbocycles. The van der Waals surface area contributed by atoms with Gasteiger partial charge in [0, 0.05) is 6.07 Å². The van der Waals surface area contributed by atoms with Gasteiger partial charge in [0.2, 0.25) is 5.91 Å². The number of nitrogens with one attached hydrogen (secondary N) is 1. The molecular formula is C16H27N3O2. The van der Waals surface area contributed by atoms with Crippen LogP contribution in [0.15, 0.2) is 10.6 Å². The summed E-state index contributed by atoms with van der Waals surface area (Å²) in [6.07, 6.45) is 5.37. The first-order chi connectivity index (χ1) is 10.1. The number of carbonyl (C=O) groups is 1. The lowest BCUT2D eigenvalue weighted by atomic mass is 10.1. The smallest absolute Gasteiger partial charge is 0.237 e. The van der Waals surface area contributed by atoms with E-state index in [4.69, 9.17) is 4.52 Å². The highest BCUT2D eigenvalue weighted by molar-refractivity contribution is 5.81. The fourth-order valence-electron chi connectivity index (χ4n) is 2.83. The van der Waals surface area contributed by atoms with E-state index < -0.39 is 0 Å². The molecule has 1 aromatic heterocycles. The number of rotatable bonds is 5. The minimum atomic E-state index is -0.00874. The number of amides is 1. The van der Waals surface area contributed by atoms with Gasteiger partial charge in [-0.15, -0.1) is 0 Å². The Balaban J connectivity index is 1.84. The average Bonchev–Trinajstić information content (AvgIpc) is 2.75. The van der Waals surface area contributed by atoms with Crippen molar-refractivity contribution in [2.75, 3.05) is 13.6 Å². The molecule has 1 unspecified atom stereocenters. The van der Waals surface area contributed by atoms with E-state index in [-0.39, 0.29) is 11.9 Å². The molecule has 0 aromatic carbocycles. The molecule has 1 aliphatic heterocycles. The molecule has 118 valence electrons. The van der Waals surface area contributed by atoms with Gasteiger partial charge in [0.1, 0.15) is 0 Å². The fraction of sp³-hybridized carbons (Fsp3) is 0.750. The van der Waals surface area contributed by atoms with E-state index in [1.807, 2.05) is 13.1 Å². The first-order valence-corrected chi connectivity index (χ1v) is 7.98. The first kappa shape index (κ1) is 16.0. The van der Waals surface area contributed by atoms with Gasteiger partial charge in [-0.25, -0.2) is 0 Å². The minimum absolute atomic E-state index is 0.00874. The summed E-state index contributed by atoms with van der Waals surface area (Å²) in [5, 5.41) is 7.02. The lowest BCUT2D eigenvalue weighted by molar-refractivity contribution is -0.126. The quantitative estimate of drug-likeness (QED) is 0.905. The average molecular weight is 293 g/mol. The van der Waals surface area contributed by atoms with E-state index in [9.17, 15) is 4.79 Å². The van der Waals surface area contributed by atoms with Crippen LogP contribution in [-0.2, 0) is 17.8 Å². The van der Waals surface area contributed by atoms with Crippen LogP contribution >= 0.6 is 0 Å². The maximum atomic E-state index is 12.3. The largest absolute Gasteiger partial charge is 0.359 e. The van der Waals surface area contributed by atoms with Crippen molar-refractivity contribution < 1.29 is 9.32 Å². The molecule has 1 aromatic rings. The van der Waals surface area contributed by atoms with Gasteiger partial charge in [-0.1, -0.05) is 31.8 Å². The molecule has 1 N–H and O–H groups in total. The predicted molar refractivity (Wildman–Crippen MR) is 81.8 cm³/mol. The molecule has 1 fully saturated rings. The topological polar surface area (TPSA) is 58.4 Å². The van der Waals surface area contributed by atoms with Gasteiger partial charge in [-0.3, -0.25) is 9.69 Å². The van der Waals surface area contributed by atoms with Crippen LogP contribution in [0, 0.1) is 5.92 Å². The summed E-state index contributed by atoms with van der Waals surface area (Å²) in [5.74, 6) is 1.38. The van der Waals surface area contributed by atoms with Gasteiger partial charge in [-0.2, -0.15) is 0 Å². The molecule has 1 atom stereocenters. The Kier molecular flexibility index (Phi) is 5.79. The Morgan fingerprint density at radius 1 is 1.48 bits per heavy atom. The number of likely N-dealkylation sites (tertiary alicyclic amines) is 1. The normalized spacial score (nSPS) is 20.5. The van der Waals surface area contributed by atoms with Crippen LogP contribution in [0.5, 0.6) is 0 Å². The van der Waals surface area contributed by atoms with Crippen LogP contribution in [0.1, 0.15) is 51.0 Å². The maximum Gasteiger partial charge on any atom is 0.237 e. The summed E-state index contributed by atoms with van der Waals surface area (Å²) in [6, 6.07) is 1.93. The zero-order chi connectivity index (χ0) is 15.2. The molecule has 2 heterocycles. The van der Waals surface area contributed by atoms with Gasteiger partial charge < -0.3 is 9.84 Å². The third kappa shape index (κ3) is 4.84. The highest BCUT2D eigenvalue weighted by Crippen LogP contribution is 2.15. The van der Waals surface area contributed by atoms with Crippen molar-refractivity contribution >= 4 is 5.91 Å². The van der Waals surface area contributed by atoms with Crippen molar-refractivity contribution in [3.05, 3.63) is 17.5 Å². The van der Waals surface area contributed by atoms with Gasteiger partial charge in [-0.05, 0) is 38.8 Å². The number of likely N-dealkylation sites (N-methyl/N-ethyl adjacent to an activating group) is 1. The summed E-state index contributed by atoms with van der Waals surface area (Å²) >= 11 is 0. The highest BCUT2D eigenvalue weighted by atomic mass is 16.5. The van der Waals surface area contributed by atoms with Gasteiger partial charge >= 0.3 is 0 Å². The van der Waals surface area contributed by atoms with Gasteiger partial charge in [0.15, 0.2) is 5.76 Å². The second-order valence-corrected chi connectivity index (χ2v) is 6.45. The van der Waals surface area contributed by atoms with Gasteiger partial charge in [0.05, 0.1) is 18.3 Å². The molecular weight excluding hydrogens is 266 g/mol. The molecule has 0 bridgehead atoms. The van der Waals surface area contributed by atoms with Crippen molar-refractivity contribution in [2.24, 2.45) is 5.92 Å². The van der Waals surface area contributed by atoms with Crippen molar-refractivity contribution in [2.45, 2.75) is 58.5 Å². The fourth-order valence-corrected chi connectivity index (χ4v) is 2.83. The molecule has 1 saturated heterocycles. The maximum absolute atomic E-state index is 12.3. The first-order valence-electron chi connectivity index (χ1n) is 7.98. The molecule has 0 spiro atoms. The van der Waals surface area contributed by atoms with Gasteiger partial charge in [0.25, 0.3) is 0 Å². The molecule has 1 amide bonds. The summed E-state index contributed by atoms with van der Waals surface area (Å²) in [6.45, 7) is 5.73. The molecule has 2 rings (SSSR count). The zero-order valence-corrected chi connectivity index (χ0v) is 13.4. The van der Waals surface area contributed by atoms with Crippen LogP contribution < -0.4 is 5.32 Å². The van der Waals surface area contributed by atoms with E-state index in [0.29, 0.717) is 12.5 Å². The van der Waals surface area contributed by atoms with Crippen molar-refractivity contribution in [3.63, 3.8) is 0 Å². The van der Waals surface area contributed by atoms with Crippen LogP contribution in [0.3, 0.4) is 0 Å². The van der Waals surface area contributed by atoms with E-state index in [1.165, 1.54) is 12.8 Å². The van der Waals surface area contributed by atoms with E-state index in [2.05, 4.69) is 29.2 Å². The number of carbonyl (C=O) groups excluding carboxylic acids is 1. The summed E-state index contributed by atoms with van der Waals surface area (Å²) in [4.78, 5) is 14.5. The van der Waals surface area contributed by atoms with Crippen molar-refractivity contribution in [1.29, 1.82) is 0 Å². The van der Waals surface area contributed by atoms with E-state index in [1.54, 1.807) is 0 Å². The number of hydrogen-bond acceptors (Lipinski definition) is 4. The Morgan fingerprint density at radius 2 is 2.29 bits per heavy atom. The number of nitrogens with zero attached hydrogens (tertiary/aromatic N) is 2. The molecule has 21 heavy (non-hydrogen) atoms. The molecule has 5 nitrogen and oxygen atoms in total. The SMILES string of the molecule is CC(C)Cc1cc(CNC(=O)C2CCCCCN2C)on1. The Hall–Kier alpha value is -1.36. The monoisotopic (exact) mass is 293 g/mol. The van der Waals surface area contributed by atoms with Crippen molar-refractivity contribution in [3.8, 4) is 0 Å². The summed E-state index contributed by atoms with van der Waals surface area (Å²) in [7, 11) is 2.03. The Morgan fingerprint density at radius 3 is 3.05 bits per heavy atom. The number of aromatic nitrogens is 1. The molecule has 5 heteroatoms. The molecule has 0 saturated carbocycles. The van der Waals surface area contributed by atoms with Crippen LogP contribution in [0.2, 0.25) is 0 Å². The molecule has 1 aliphatic rings. The lowest BCUT2D eigenvalue weighted by Gasteiger charge is -2.24. The van der Waals surface area contributed by atoms with Crippen LogP contribution in [-0.4, -0.2) is 35.6 Å². The summed E-state index contributed by atoms with van der Waals surface area (Å²) < 4.78 is 5.28. The minimum Gasteiger partial charge on any atom is -0.359 e. The second-order valence-electron chi connectivity index (χ2n) is 6.45. The predicted octanol–water partition coefficient (Wildman–Crippen LogP) is 2.36. The van der Waals surface area contributed by atoms with E-state index in [0.717, 1.165) is 37.3 Å². The van der Waals surface area contributed by atoms with Crippen LogP contribution in [0.4, 0.5) is 0 Å². The van der Waals surface area contributed by atoms with Crippen molar-refractivity contribution in [1.82, 2.24) is 15.4 Å². The van der Waals surface area contributed by atoms with E-state index >= 15 is 0 Å². The number of hydrogen-bond donors (Lipinski definition) is 1. The Bertz CT molecular complexity index is 456. The second kappa shape index (κ2) is 7.59. The summed E-state index contributed by atoms with van der Waals surface area (Å²) in [5.41, 5.74) is 0.959.